The molecule has 0 radical (unpaired) electrons. The smallest absolute Gasteiger partial charge is 0.254 e. The number of hydrogen-bond acceptors (Lipinski definition) is 1. The molecule has 0 fully saturated rings. The molecule has 0 atom stereocenters. The van der Waals surface area contributed by atoms with Gasteiger partial charge in [0.1, 0.15) is 5.82 Å². The summed E-state index contributed by atoms with van der Waals surface area (Å²) in [6.07, 6.45) is 0. The molecule has 0 saturated heterocycles. The lowest BCUT2D eigenvalue weighted by atomic mass is 10.1. The number of hydrogen-bond donors (Lipinski definition) is 1. The third-order valence-electron chi connectivity index (χ3n) is 1.66. The first kappa shape index (κ1) is 12.4. The van der Waals surface area contributed by atoms with Gasteiger partial charge in [-0.3, -0.25) is 4.79 Å². The standard InChI is InChI=1S/C11H13FINO/c1-11(2,3)14-10(15)8-6-7(13)4-5-9(8)12/h4-6H,1-3H3,(H,14,15). The van der Waals surface area contributed by atoms with Gasteiger partial charge in [-0.1, -0.05) is 0 Å². The normalized spacial score (nSPS) is 11.3. The fourth-order valence-electron chi connectivity index (χ4n) is 1.08. The second-order valence-electron chi connectivity index (χ2n) is 4.33. The number of carbonyl (C=O) groups is 1. The molecule has 0 aliphatic heterocycles. The minimum atomic E-state index is -0.489. The summed E-state index contributed by atoms with van der Waals surface area (Å²) in [5.74, 6) is -0.865. The number of halogens is 2. The van der Waals surface area contributed by atoms with Crippen molar-refractivity contribution in [3.8, 4) is 0 Å². The van der Waals surface area contributed by atoms with Crippen LogP contribution in [-0.2, 0) is 0 Å². The summed E-state index contributed by atoms with van der Waals surface area (Å²) in [7, 11) is 0. The topological polar surface area (TPSA) is 29.1 Å². The molecule has 0 bridgehead atoms. The van der Waals surface area contributed by atoms with Crippen molar-refractivity contribution in [2.45, 2.75) is 26.3 Å². The van der Waals surface area contributed by atoms with Crippen molar-refractivity contribution >= 4 is 28.5 Å². The van der Waals surface area contributed by atoms with Crippen LogP contribution in [0.5, 0.6) is 0 Å². The zero-order chi connectivity index (χ0) is 11.6. The van der Waals surface area contributed by atoms with Crippen LogP contribution in [0.1, 0.15) is 31.1 Å². The molecule has 82 valence electrons. The van der Waals surface area contributed by atoms with Gasteiger partial charge >= 0.3 is 0 Å². The first-order valence-corrected chi connectivity index (χ1v) is 5.65. The maximum absolute atomic E-state index is 13.3. The fourth-order valence-corrected chi connectivity index (χ4v) is 1.57. The van der Waals surface area contributed by atoms with E-state index in [-0.39, 0.29) is 17.0 Å². The SMILES string of the molecule is CC(C)(C)NC(=O)c1cc(I)ccc1F. The highest BCUT2D eigenvalue weighted by Crippen LogP contribution is 2.13. The van der Waals surface area contributed by atoms with Gasteiger partial charge in [0.25, 0.3) is 5.91 Å². The zero-order valence-corrected chi connectivity index (χ0v) is 11.1. The van der Waals surface area contributed by atoms with Crippen LogP contribution in [0.2, 0.25) is 0 Å². The predicted molar refractivity (Wildman–Crippen MR) is 66.3 cm³/mol. The number of benzene rings is 1. The van der Waals surface area contributed by atoms with Crippen LogP contribution >= 0.6 is 22.6 Å². The highest BCUT2D eigenvalue weighted by Gasteiger charge is 2.18. The van der Waals surface area contributed by atoms with Crippen molar-refractivity contribution in [1.82, 2.24) is 5.32 Å². The molecule has 0 heterocycles. The average Bonchev–Trinajstić information content (AvgIpc) is 2.06. The first-order chi connectivity index (χ1) is 6.79. The maximum Gasteiger partial charge on any atom is 0.254 e. The molecule has 1 aromatic carbocycles. The second kappa shape index (κ2) is 4.47. The predicted octanol–water partition coefficient (Wildman–Crippen LogP) is 2.96. The van der Waals surface area contributed by atoms with E-state index < -0.39 is 5.82 Å². The molecule has 1 aromatic rings. The molecular weight excluding hydrogens is 308 g/mol. The Morgan fingerprint density at radius 1 is 1.40 bits per heavy atom. The molecule has 0 unspecified atom stereocenters. The molecule has 1 N–H and O–H groups in total. The maximum atomic E-state index is 13.3. The lowest BCUT2D eigenvalue weighted by Crippen LogP contribution is -2.40. The molecule has 0 spiro atoms. The number of rotatable bonds is 1. The quantitative estimate of drug-likeness (QED) is 0.792. The van der Waals surface area contributed by atoms with E-state index in [0.717, 1.165) is 3.57 Å². The molecule has 1 rings (SSSR count). The van der Waals surface area contributed by atoms with Gasteiger partial charge in [0, 0.05) is 9.11 Å². The second-order valence-corrected chi connectivity index (χ2v) is 5.57. The summed E-state index contributed by atoms with van der Waals surface area (Å²) in [6.45, 7) is 5.57. The fraction of sp³-hybridized carbons (Fsp3) is 0.364. The molecular formula is C11H13FINO. The third-order valence-corrected chi connectivity index (χ3v) is 2.33. The Labute approximate surface area is 102 Å². The summed E-state index contributed by atoms with van der Waals surface area (Å²) in [5, 5.41) is 2.72. The Morgan fingerprint density at radius 2 is 2.00 bits per heavy atom. The van der Waals surface area contributed by atoms with Gasteiger partial charge in [-0.25, -0.2) is 4.39 Å². The van der Waals surface area contributed by atoms with Gasteiger partial charge in [-0.15, -0.1) is 0 Å². The molecule has 0 aliphatic rings. The van der Waals surface area contributed by atoms with E-state index in [1.807, 2.05) is 43.4 Å². The molecule has 4 heteroatoms. The Balaban J connectivity index is 2.96. The van der Waals surface area contributed by atoms with E-state index in [9.17, 15) is 9.18 Å². The highest BCUT2D eigenvalue weighted by molar-refractivity contribution is 14.1. The van der Waals surface area contributed by atoms with Crippen LogP contribution < -0.4 is 5.32 Å². The van der Waals surface area contributed by atoms with Gasteiger partial charge in [0.05, 0.1) is 5.56 Å². The van der Waals surface area contributed by atoms with E-state index in [0.29, 0.717) is 0 Å². The van der Waals surface area contributed by atoms with E-state index in [1.165, 1.54) is 12.1 Å². The molecule has 0 saturated carbocycles. The lowest BCUT2D eigenvalue weighted by molar-refractivity contribution is 0.0915. The summed E-state index contributed by atoms with van der Waals surface area (Å²) in [4.78, 5) is 11.7. The highest BCUT2D eigenvalue weighted by atomic mass is 127. The molecule has 1 amide bonds. The summed E-state index contributed by atoms with van der Waals surface area (Å²) >= 11 is 2.05. The van der Waals surface area contributed by atoms with E-state index in [1.54, 1.807) is 6.07 Å². The average molecular weight is 321 g/mol. The van der Waals surface area contributed by atoms with Crippen molar-refractivity contribution < 1.29 is 9.18 Å². The van der Waals surface area contributed by atoms with Gasteiger partial charge in [0.15, 0.2) is 0 Å². The zero-order valence-electron chi connectivity index (χ0n) is 8.90. The van der Waals surface area contributed by atoms with E-state index >= 15 is 0 Å². The monoisotopic (exact) mass is 321 g/mol. The van der Waals surface area contributed by atoms with Crippen LogP contribution in [-0.4, -0.2) is 11.4 Å². The molecule has 2 nitrogen and oxygen atoms in total. The first-order valence-electron chi connectivity index (χ1n) is 4.57. The van der Waals surface area contributed by atoms with Gasteiger partial charge < -0.3 is 5.32 Å². The van der Waals surface area contributed by atoms with Gasteiger partial charge in [-0.2, -0.15) is 0 Å². The Morgan fingerprint density at radius 3 is 2.53 bits per heavy atom. The molecule has 15 heavy (non-hydrogen) atoms. The number of carbonyl (C=O) groups excluding carboxylic acids is 1. The van der Waals surface area contributed by atoms with Crippen LogP contribution in [0, 0.1) is 9.39 Å². The Bertz CT molecular complexity index is 385. The Kier molecular flexibility index (Phi) is 3.70. The molecule has 0 aromatic heterocycles. The minimum Gasteiger partial charge on any atom is -0.347 e. The van der Waals surface area contributed by atoms with Crippen molar-refractivity contribution in [3.63, 3.8) is 0 Å². The number of amides is 1. The Hall–Kier alpha value is -0.650. The lowest BCUT2D eigenvalue weighted by Gasteiger charge is -2.20. The van der Waals surface area contributed by atoms with Crippen LogP contribution in [0.15, 0.2) is 18.2 Å². The summed E-state index contributed by atoms with van der Waals surface area (Å²) in [6, 6.07) is 4.47. The van der Waals surface area contributed by atoms with Crippen LogP contribution in [0.4, 0.5) is 4.39 Å². The van der Waals surface area contributed by atoms with Crippen LogP contribution in [0.3, 0.4) is 0 Å². The van der Waals surface area contributed by atoms with E-state index in [4.69, 9.17) is 0 Å². The van der Waals surface area contributed by atoms with Crippen molar-refractivity contribution in [1.29, 1.82) is 0 Å². The largest absolute Gasteiger partial charge is 0.347 e. The number of nitrogens with one attached hydrogen (secondary N) is 1. The van der Waals surface area contributed by atoms with Gasteiger partial charge in [0.2, 0.25) is 0 Å². The van der Waals surface area contributed by atoms with E-state index in [2.05, 4.69) is 5.32 Å². The van der Waals surface area contributed by atoms with Crippen molar-refractivity contribution in [2.24, 2.45) is 0 Å². The van der Waals surface area contributed by atoms with Crippen molar-refractivity contribution in [2.75, 3.05) is 0 Å². The minimum absolute atomic E-state index is 0.0943. The summed E-state index contributed by atoms with van der Waals surface area (Å²) < 4.78 is 14.2. The molecule has 0 aliphatic carbocycles. The third kappa shape index (κ3) is 3.77. The van der Waals surface area contributed by atoms with Gasteiger partial charge in [-0.05, 0) is 61.6 Å². The van der Waals surface area contributed by atoms with Crippen molar-refractivity contribution in [3.05, 3.63) is 33.1 Å². The van der Waals surface area contributed by atoms with Crippen LogP contribution in [0.25, 0.3) is 0 Å². The summed E-state index contributed by atoms with van der Waals surface area (Å²) in [5.41, 5.74) is -0.262.